The molecular weight excluding hydrogens is 427 g/mol. The maximum absolute atomic E-state index is 12.7. The minimum absolute atomic E-state index is 0.0392. The van der Waals surface area contributed by atoms with Gasteiger partial charge in [-0.25, -0.2) is 0 Å². The van der Waals surface area contributed by atoms with Gasteiger partial charge in [-0.05, 0) is 71.7 Å². The summed E-state index contributed by atoms with van der Waals surface area (Å²) in [5.41, 5.74) is 1.89. The first-order valence-corrected chi connectivity index (χ1v) is 9.57. The molecular formula is C20H21IN2O2. The van der Waals surface area contributed by atoms with E-state index in [0.29, 0.717) is 22.7 Å². The fourth-order valence-electron chi connectivity index (χ4n) is 2.97. The molecule has 3 rings (SSSR count). The van der Waals surface area contributed by atoms with Crippen molar-refractivity contribution < 1.29 is 9.59 Å². The molecule has 2 amide bonds. The fourth-order valence-corrected chi connectivity index (χ4v) is 3.60. The summed E-state index contributed by atoms with van der Waals surface area (Å²) in [6, 6.07) is 14.6. The van der Waals surface area contributed by atoms with E-state index in [-0.39, 0.29) is 11.8 Å². The minimum atomic E-state index is -0.165. The molecule has 1 saturated heterocycles. The molecule has 1 N–H and O–H groups in total. The van der Waals surface area contributed by atoms with Crippen LogP contribution in [-0.4, -0.2) is 29.8 Å². The van der Waals surface area contributed by atoms with Crippen molar-refractivity contribution in [2.24, 2.45) is 5.92 Å². The quantitative estimate of drug-likeness (QED) is 0.708. The predicted molar refractivity (Wildman–Crippen MR) is 108 cm³/mol. The normalized spacial score (nSPS) is 15.0. The molecule has 0 radical (unpaired) electrons. The lowest BCUT2D eigenvalue weighted by Gasteiger charge is -2.30. The number of piperidine rings is 1. The van der Waals surface area contributed by atoms with Crippen molar-refractivity contribution in [1.82, 2.24) is 4.90 Å². The van der Waals surface area contributed by atoms with Crippen molar-refractivity contribution in [1.29, 1.82) is 0 Å². The van der Waals surface area contributed by atoms with Crippen LogP contribution in [0.4, 0.5) is 5.69 Å². The van der Waals surface area contributed by atoms with Gasteiger partial charge in [-0.15, -0.1) is 0 Å². The number of carbonyl (C=O) groups excluding carboxylic acids is 2. The van der Waals surface area contributed by atoms with Gasteiger partial charge in [-0.3, -0.25) is 9.59 Å². The van der Waals surface area contributed by atoms with E-state index in [2.05, 4.69) is 34.8 Å². The molecule has 1 aliphatic rings. The number of rotatable bonds is 3. The first-order valence-electron chi connectivity index (χ1n) is 8.50. The van der Waals surface area contributed by atoms with Crippen LogP contribution in [0, 0.1) is 9.49 Å². The zero-order chi connectivity index (χ0) is 17.8. The monoisotopic (exact) mass is 448 g/mol. The van der Waals surface area contributed by atoms with E-state index < -0.39 is 0 Å². The zero-order valence-corrected chi connectivity index (χ0v) is 16.3. The summed E-state index contributed by atoms with van der Waals surface area (Å²) in [6.45, 7) is 3.83. The number of halogens is 1. The lowest BCUT2D eigenvalue weighted by atomic mass is 9.98. The van der Waals surface area contributed by atoms with E-state index >= 15 is 0 Å². The Labute approximate surface area is 161 Å². The molecule has 0 bridgehead atoms. The molecule has 0 unspecified atom stereocenters. The van der Waals surface area contributed by atoms with Crippen LogP contribution in [0.2, 0.25) is 0 Å². The van der Waals surface area contributed by atoms with E-state index in [9.17, 15) is 9.59 Å². The van der Waals surface area contributed by atoms with E-state index in [1.54, 1.807) is 12.1 Å². The van der Waals surface area contributed by atoms with Gasteiger partial charge >= 0.3 is 0 Å². The van der Waals surface area contributed by atoms with Crippen LogP contribution in [0.3, 0.4) is 0 Å². The number of likely N-dealkylation sites (tertiary alicyclic amines) is 1. The summed E-state index contributed by atoms with van der Waals surface area (Å²) < 4.78 is 0.896. The van der Waals surface area contributed by atoms with Crippen molar-refractivity contribution in [2.45, 2.75) is 19.8 Å². The van der Waals surface area contributed by atoms with Crippen LogP contribution in [0.25, 0.3) is 0 Å². The van der Waals surface area contributed by atoms with Crippen LogP contribution >= 0.6 is 22.6 Å². The molecule has 1 aliphatic heterocycles. The van der Waals surface area contributed by atoms with Gasteiger partial charge in [0.2, 0.25) is 0 Å². The number of amides is 2. The number of hydrogen-bond donors (Lipinski definition) is 1. The van der Waals surface area contributed by atoms with Crippen LogP contribution in [0.15, 0.2) is 48.5 Å². The van der Waals surface area contributed by atoms with Crippen LogP contribution in [0.5, 0.6) is 0 Å². The summed E-state index contributed by atoms with van der Waals surface area (Å²) in [4.78, 5) is 27.0. The average Bonchev–Trinajstić information content (AvgIpc) is 2.62. The van der Waals surface area contributed by atoms with E-state index in [0.717, 1.165) is 29.5 Å². The topological polar surface area (TPSA) is 49.4 Å². The van der Waals surface area contributed by atoms with Gasteiger partial charge < -0.3 is 10.2 Å². The standard InChI is InChI=1S/C20H21IN2O2/c1-14-9-11-23(12-10-14)20(25)15-5-4-6-16(13-15)22-19(24)17-7-2-3-8-18(17)21/h2-8,13-14H,9-12H2,1H3,(H,22,24). The number of nitrogens with one attached hydrogen (secondary N) is 1. The largest absolute Gasteiger partial charge is 0.339 e. The molecule has 0 atom stereocenters. The van der Waals surface area contributed by atoms with Crippen molar-refractivity contribution in [3.05, 3.63) is 63.2 Å². The van der Waals surface area contributed by atoms with Gasteiger partial charge in [0.25, 0.3) is 11.8 Å². The fraction of sp³-hybridized carbons (Fsp3) is 0.300. The van der Waals surface area contributed by atoms with Gasteiger partial charge in [-0.2, -0.15) is 0 Å². The Morgan fingerprint density at radius 1 is 1.08 bits per heavy atom. The van der Waals surface area contributed by atoms with Crippen LogP contribution < -0.4 is 5.32 Å². The molecule has 25 heavy (non-hydrogen) atoms. The van der Waals surface area contributed by atoms with Crippen molar-refractivity contribution >= 4 is 40.1 Å². The summed E-state index contributed by atoms with van der Waals surface area (Å²) in [6.07, 6.45) is 2.10. The highest BCUT2D eigenvalue weighted by molar-refractivity contribution is 14.1. The molecule has 1 fully saturated rings. The molecule has 2 aromatic carbocycles. The van der Waals surface area contributed by atoms with Gasteiger partial charge in [0, 0.05) is 27.9 Å². The highest BCUT2D eigenvalue weighted by Gasteiger charge is 2.21. The smallest absolute Gasteiger partial charge is 0.256 e. The molecule has 5 heteroatoms. The predicted octanol–water partition coefficient (Wildman–Crippen LogP) is 4.42. The molecule has 4 nitrogen and oxygen atoms in total. The van der Waals surface area contributed by atoms with Gasteiger partial charge in [0.15, 0.2) is 0 Å². The average molecular weight is 448 g/mol. The van der Waals surface area contributed by atoms with Crippen LogP contribution in [-0.2, 0) is 0 Å². The summed E-state index contributed by atoms with van der Waals surface area (Å²) >= 11 is 2.14. The Kier molecular flexibility index (Phi) is 5.73. The second kappa shape index (κ2) is 7.99. The number of hydrogen-bond acceptors (Lipinski definition) is 2. The van der Waals surface area contributed by atoms with E-state index in [4.69, 9.17) is 0 Å². The number of benzene rings is 2. The molecule has 0 saturated carbocycles. The molecule has 2 aromatic rings. The second-order valence-electron chi connectivity index (χ2n) is 6.49. The van der Waals surface area contributed by atoms with Gasteiger partial charge in [0.1, 0.15) is 0 Å². The first kappa shape index (κ1) is 17.9. The number of carbonyl (C=O) groups is 2. The second-order valence-corrected chi connectivity index (χ2v) is 7.65. The minimum Gasteiger partial charge on any atom is -0.339 e. The SMILES string of the molecule is CC1CCN(C(=O)c2cccc(NC(=O)c3ccccc3I)c2)CC1. The molecule has 130 valence electrons. The maximum atomic E-state index is 12.7. The Balaban J connectivity index is 1.72. The number of anilines is 1. The third-order valence-electron chi connectivity index (χ3n) is 4.56. The third-order valence-corrected chi connectivity index (χ3v) is 5.50. The highest BCUT2D eigenvalue weighted by Crippen LogP contribution is 2.20. The Hall–Kier alpha value is -1.89. The first-order chi connectivity index (χ1) is 12.0. The van der Waals surface area contributed by atoms with E-state index in [1.165, 1.54) is 0 Å². The van der Waals surface area contributed by atoms with Crippen molar-refractivity contribution in [3.8, 4) is 0 Å². The van der Waals surface area contributed by atoms with Crippen LogP contribution in [0.1, 0.15) is 40.5 Å². The summed E-state index contributed by atoms with van der Waals surface area (Å²) in [5.74, 6) is 0.557. The Morgan fingerprint density at radius 3 is 2.52 bits per heavy atom. The summed E-state index contributed by atoms with van der Waals surface area (Å²) in [5, 5.41) is 2.89. The van der Waals surface area contributed by atoms with Crippen molar-refractivity contribution in [3.63, 3.8) is 0 Å². The Bertz CT molecular complexity index is 783. The third kappa shape index (κ3) is 4.39. The zero-order valence-electron chi connectivity index (χ0n) is 14.2. The summed E-state index contributed by atoms with van der Waals surface area (Å²) in [7, 11) is 0. The maximum Gasteiger partial charge on any atom is 0.256 e. The molecule has 0 aliphatic carbocycles. The van der Waals surface area contributed by atoms with Gasteiger partial charge in [-0.1, -0.05) is 25.1 Å². The van der Waals surface area contributed by atoms with Gasteiger partial charge in [0.05, 0.1) is 5.56 Å². The van der Waals surface area contributed by atoms with Crippen molar-refractivity contribution in [2.75, 3.05) is 18.4 Å². The highest BCUT2D eigenvalue weighted by atomic mass is 127. The Morgan fingerprint density at radius 2 is 1.80 bits per heavy atom. The molecule has 0 aromatic heterocycles. The molecule has 0 spiro atoms. The number of nitrogens with zero attached hydrogens (tertiary/aromatic N) is 1. The molecule has 1 heterocycles. The van der Waals surface area contributed by atoms with E-state index in [1.807, 2.05) is 41.3 Å². The lowest BCUT2D eigenvalue weighted by molar-refractivity contribution is 0.0697. The lowest BCUT2D eigenvalue weighted by Crippen LogP contribution is -2.37.